The average molecular weight is 500 g/mol. The standard InChI is InChI=1S/C24H25N3O7S/c1-4-33-20(29)17-13(3)18(21(30)34-5-2)35-19(17)25-16(28)12-27-22(31)24(26-23(27)32)11-10-14-8-6-7-9-15(14)24/h6-9H,4-5,10-12H2,1-3H3,(H,25,28)(H,26,32). The molecule has 1 aliphatic carbocycles. The van der Waals surface area contributed by atoms with Gasteiger partial charge in [-0.3, -0.25) is 14.5 Å². The van der Waals surface area contributed by atoms with Crippen LogP contribution in [0.15, 0.2) is 24.3 Å². The van der Waals surface area contributed by atoms with Crippen molar-refractivity contribution in [3.63, 3.8) is 0 Å². The molecular formula is C24H25N3O7S. The topological polar surface area (TPSA) is 131 Å². The number of urea groups is 1. The van der Waals surface area contributed by atoms with Crippen molar-refractivity contribution in [1.82, 2.24) is 10.2 Å². The number of benzene rings is 1. The van der Waals surface area contributed by atoms with Gasteiger partial charge in [0.25, 0.3) is 5.91 Å². The second kappa shape index (κ2) is 9.49. The minimum absolute atomic E-state index is 0.0339. The van der Waals surface area contributed by atoms with E-state index in [0.29, 0.717) is 18.4 Å². The van der Waals surface area contributed by atoms with E-state index in [9.17, 15) is 24.0 Å². The van der Waals surface area contributed by atoms with Gasteiger partial charge in [0.1, 0.15) is 22.0 Å². The lowest BCUT2D eigenvalue weighted by molar-refractivity contribution is -0.134. The van der Waals surface area contributed by atoms with E-state index in [-0.39, 0.29) is 28.7 Å². The molecule has 4 amide bonds. The third-order valence-electron chi connectivity index (χ3n) is 6.06. The normalized spacial score (nSPS) is 18.4. The number of carbonyl (C=O) groups is 5. The Bertz CT molecular complexity index is 1240. The van der Waals surface area contributed by atoms with Crippen LogP contribution >= 0.6 is 11.3 Å². The number of aryl methyl sites for hydroxylation is 1. The van der Waals surface area contributed by atoms with Crippen LogP contribution < -0.4 is 10.6 Å². The van der Waals surface area contributed by atoms with Crippen molar-refractivity contribution in [3.8, 4) is 0 Å². The van der Waals surface area contributed by atoms with Crippen LogP contribution in [-0.2, 0) is 31.0 Å². The summed E-state index contributed by atoms with van der Waals surface area (Å²) in [5.74, 6) is -2.53. The summed E-state index contributed by atoms with van der Waals surface area (Å²) in [6, 6.07) is 6.73. The number of thiophene rings is 1. The van der Waals surface area contributed by atoms with Gasteiger partial charge in [-0.05, 0) is 50.3 Å². The van der Waals surface area contributed by atoms with E-state index in [1.165, 1.54) is 0 Å². The fourth-order valence-corrected chi connectivity index (χ4v) is 5.59. The zero-order valence-corrected chi connectivity index (χ0v) is 20.4. The van der Waals surface area contributed by atoms with Crippen molar-refractivity contribution in [2.45, 2.75) is 39.2 Å². The van der Waals surface area contributed by atoms with E-state index in [1.54, 1.807) is 32.9 Å². The molecule has 1 spiro atoms. The molecule has 2 aromatic rings. The number of hydrogen-bond donors (Lipinski definition) is 2. The Balaban J connectivity index is 1.56. The second-order valence-corrected chi connectivity index (χ2v) is 9.15. The van der Waals surface area contributed by atoms with Gasteiger partial charge in [-0.1, -0.05) is 24.3 Å². The lowest BCUT2D eigenvalue weighted by Gasteiger charge is -2.22. The van der Waals surface area contributed by atoms with E-state index in [1.807, 2.05) is 12.1 Å². The van der Waals surface area contributed by atoms with Crippen LogP contribution in [-0.4, -0.2) is 54.4 Å². The molecule has 0 radical (unpaired) electrons. The summed E-state index contributed by atoms with van der Waals surface area (Å²) in [7, 11) is 0. The molecule has 4 rings (SSSR count). The number of nitrogens with zero attached hydrogens (tertiary/aromatic N) is 1. The molecule has 2 N–H and O–H groups in total. The number of imide groups is 1. The Morgan fingerprint density at radius 1 is 1.11 bits per heavy atom. The van der Waals surface area contributed by atoms with E-state index >= 15 is 0 Å². The lowest BCUT2D eigenvalue weighted by Crippen LogP contribution is -2.43. The van der Waals surface area contributed by atoms with Crippen LogP contribution in [0, 0.1) is 6.92 Å². The number of nitrogens with one attached hydrogen (secondary N) is 2. The van der Waals surface area contributed by atoms with Gasteiger partial charge in [0, 0.05) is 0 Å². The monoisotopic (exact) mass is 499 g/mol. The molecule has 1 fully saturated rings. The van der Waals surface area contributed by atoms with Gasteiger partial charge >= 0.3 is 18.0 Å². The molecule has 1 unspecified atom stereocenters. The van der Waals surface area contributed by atoms with Gasteiger partial charge < -0.3 is 20.1 Å². The minimum atomic E-state index is -1.18. The van der Waals surface area contributed by atoms with Gasteiger partial charge in [0.2, 0.25) is 5.91 Å². The summed E-state index contributed by atoms with van der Waals surface area (Å²) >= 11 is 0.874. The molecule has 1 atom stereocenters. The highest BCUT2D eigenvalue weighted by molar-refractivity contribution is 7.18. The molecule has 1 aromatic heterocycles. The van der Waals surface area contributed by atoms with Crippen LogP contribution in [0.1, 0.15) is 57.0 Å². The Morgan fingerprint density at radius 2 is 1.80 bits per heavy atom. The Hall–Kier alpha value is -3.73. The number of ether oxygens (including phenoxy) is 2. The maximum atomic E-state index is 13.3. The predicted octanol–water partition coefficient (Wildman–Crippen LogP) is 2.74. The van der Waals surface area contributed by atoms with Crippen LogP contribution in [0.3, 0.4) is 0 Å². The van der Waals surface area contributed by atoms with Gasteiger partial charge in [-0.15, -0.1) is 11.3 Å². The molecule has 35 heavy (non-hydrogen) atoms. The largest absolute Gasteiger partial charge is 0.462 e. The van der Waals surface area contributed by atoms with Crippen molar-refractivity contribution in [3.05, 3.63) is 51.4 Å². The Morgan fingerprint density at radius 3 is 2.51 bits per heavy atom. The molecule has 10 nitrogen and oxygen atoms in total. The number of fused-ring (bicyclic) bond motifs is 2. The summed E-state index contributed by atoms with van der Waals surface area (Å²) in [4.78, 5) is 64.8. The van der Waals surface area contributed by atoms with Crippen molar-refractivity contribution in [2.24, 2.45) is 0 Å². The van der Waals surface area contributed by atoms with Crippen molar-refractivity contribution < 1.29 is 33.4 Å². The number of esters is 2. The van der Waals surface area contributed by atoms with E-state index in [0.717, 1.165) is 27.4 Å². The first-order valence-electron chi connectivity index (χ1n) is 11.2. The van der Waals surface area contributed by atoms with Gasteiger partial charge in [-0.2, -0.15) is 0 Å². The number of amides is 4. The van der Waals surface area contributed by atoms with E-state index in [2.05, 4.69) is 10.6 Å². The quantitative estimate of drug-likeness (QED) is 0.442. The summed E-state index contributed by atoms with van der Waals surface area (Å²) in [5.41, 5.74) is 0.886. The molecule has 2 aliphatic rings. The first kappa shape index (κ1) is 24.4. The minimum Gasteiger partial charge on any atom is -0.462 e. The molecule has 184 valence electrons. The van der Waals surface area contributed by atoms with E-state index < -0.39 is 41.9 Å². The van der Waals surface area contributed by atoms with E-state index in [4.69, 9.17) is 9.47 Å². The molecule has 0 bridgehead atoms. The van der Waals surface area contributed by atoms with Crippen LogP contribution in [0.25, 0.3) is 0 Å². The summed E-state index contributed by atoms with van der Waals surface area (Å²) in [6.07, 6.45) is 1.05. The maximum absolute atomic E-state index is 13.3. The van der Waals surface area contributed by atoms with Crippen LogP contribution in [0.5, 0.6) is 0 Å². The number of carbonyl (C=O) groups excluding carboxylic acids is 5. The predicted molar refractivity (Wildman–Crippen MR) is 126 cm³/mol. The number of hydrogen-bond acceptors (Lipinski definition) is 8. The lowest BCUT2D eigenvalue weighted by atomic mass is 9.92. The second-order valence-electron chi connectivity index (χ2n) is 8.13. The maximum Gasteiger partial charge on any atom is 0.348 e. The molecular weight excluding hydrogens is 474 g/mol. The van der Waals surface area contributed by atoms with Crippen molar-refractivity contribution in [2.75, 3.05) is 25.1 Å². The highest BCUT2D eigenvalue weighted by atomic mass is 32.1. The number of rotatable bonds is 7. The molecule has 11 heteroatoms. The Labute approximate surface area is 205 Å². The third-order valence-corrected chi connectivity index (χ3v) is 7.25. The molecule has 1 aromatic carbocycles. The van der Waals surface area contributed by atoms with Crippen molar-refractivity contribution in [1.29, 1.82) is 0 Å². The fraction of sp³-hybridized carbons (Fsp3) is 0.375. The smallest absolute Gasteiger partial charge is 0.348 e. The van der Waals surface area contributed by atoms with Gasteiger partial charge in [-0.25, -0.2) is 14.4 Å². The fourth-order valence-electron chi connectivity index (χ4n) is 4.48. The van der Waals surface area contributed by atoms with Gasteiger partial charge in [0.05, 0.1) is 18.8 Å². The van der Waals surface area contributed by atoms with Crippen LogP contribution in [0.2, 0.25) is 0 Å². The zero-order valence-electron chi connectivity index (χ0n) is 19.6. The average Bonchev–Trinajstić information content (AvgIpc) is 3.43. The first-order chi connectivity index (χ1) is 16.7. The highest BCUT2D eigenvalue weighted by Gasteiger charge is 2.55. The first-order valence-corrected chi connectivity index (χ1v) is 12.0. The molecule has 2 heterocycles. The van der Waals surface area contributed by atoms with Crippen molar-refractivity contribution >= 4 is 46.1 Å². The van der Waals surface area contributed by atoms with Gasteiger partial charge in [0.15, 0.2) is 0 Å². The Kier molecular flexibility index (Phi) is 6.62. The summed E-state index contributed by atoms with van der Waals surface area (Å²) in [5, 5.41) is 5.42. The zero-order chi connectivity index (χ0) is 25.3. The third kappa shape index (κ3) is 4.16. The number of anilines is 1. The SMILES string of the molecule is CCOC(=O)c1sc(NC(=O)CN2C(=O)NC3(CCc4ccccc43)C2=O)c(C(=O)OCC)c1C. The molecule has 0 saturated carbocycles. The molecule has 1 aliphatic heterocycles. The summed E-state index contributed by atoms with van der Waals surface area (Å²) in [6.45, 7) is 4.54. The highest BCUT2D eigenvalue weighted by Crippen LogP contribution is 2.41. The summed E-state index contributed by atoms with van der Waals surface area (Å²) < 4.78 is 10.1. The van der Waals surface area contributed by atoms with Crippen LogP contribution in [0.4, 0.5) is 9.80 Å². The molecule has 1 saturated heterocycles.